The van der Waals surface area contributed by atoms with Crippen LogP contribution in [0.25, 0.3) is 0 Å². The summed E-state index contributed by atoms with van der Waals surface area (Å²) in [5.74, 6) is -0.908. The van der Waals surface area contributed by atoms with Crippen LogP contribution in [0, 0.1) is 0 Å². The Labute approximate surface area is 340 Å². The third kappa shape index (κ3) is 42.6. The van der Waals surface area contributed by atoms with Crippen LogP contribution in [0.15, 0.2) is 36.5 Å². The van der Waals surface area contributed by atoms with E-state index in [0.717, 1.165) is 83.5 Å². The van der Waals surface area contributed by atoms with E-state index in [-0.39, 0.29) is 31.1 Å². The van der Waals surface area contributed by atoms with E-state index in [1.165, 1.54) is 116 Å². The van der Waals surface area contributed by atoms with Crippen LogP contribution in [0.1, 0.15) is 239 Å². The highest BCUT2D eigenvalue weighted by Crippen LogP contribution is 2.15. The van der Waals surface area contributed by atoms with Gasteiger partial charge in [-0.05, 0) is 51.4 Å². The van der Waals surface area contributed by atoms with E-state index in [9.17, 15) is 14.4 Å². The Bertz CT molecular complexity index is 938. The van der Waals surface area contributed by atoms with Gasteiger partial charge in [0.2, 0.25) is 0 Å². The van der Waals surface area contributed by atoms with E-state index >= 15 is 0 Å². The number of unbranched alkanes of at least 4 members (excludes halogenated alkanes) is 25. The normalized spacial score (nSPS) is 12.3. The number of ether oxygens (including phenoxy) is 3. The summed E-state index contributed by atoms with van der Waals surface area (Å²) in [5, 5.41) is 0. The molecule has 0 fully saturated rings. The van der Waals surface area contributed by atoms with Crippen molar-refractivity contribution in [1.82, 2.24) is 0 Å². The highest BCUT2D eigenvalue weighted by atomic mass is 16.6. The van der Waals surface area contributed by atoms with Gasteiger partial charge in [0.1, 0.15) is 13.2 Å². The molecule has 0 heterocycles. The molecule has 1 unspecified atom stereocenters. The molecule has 6 heteroatoms. The largest absolute Gasteiger partial charge is 0.462 e. The molecule has 0 aromatic carbocycles. The third-order valence-electron chi connectivity index (χ3n) is 10.2. The van der Waals surface area contributed by atoms with Crippen molar-refractivity contribution >= 4 is 17.9 Å². The van der Waals surface area contributed by atoms with Gasteiger partial charge < -0.3 is 14.2 Å². The first kappa shape index (κ1) is 52.6. The minimum Gasteiger partial charge on any atom is -0.462 e. The summed E-state index contributed by atoms with van der Waals surface area (Å²) in [6.45, 7) is 6.48. The monoisotopic (exact) mass is 773 g/mol. The molecular formula is C49H88O6. The molecule has 0 radical (unpaired) electrons. The second-order valence-corrected chi connectivity index (χ2v) is 15.6. The van der Waals surface area contributed by atoms with Crippen LogP contribution >= 0.6 is 0 Å². The molecule has 1 atom stereocenters. The summed E-state index contributed by atoms with van der Waals surface area (Å²) < 4.78 is 16.7. The smallest absolute Gasteiger partial charge is 0.306 e. The summed E-state index contributed by atoms with van der Waals surface area (Å²) in [5.41, 5.74) is 0. The maximum Gasteiger partial charge on any atom is 0.306 e. The van der Waals surface area contributed by atoms with Gasteiger partial charge >= 0.3 is 17.9 Å². The Balaban J connectivity index is 4.36. The molecule has 0 rings (SSSR count). The van der Waals surface area contributed by atoms with Crippen LogP contribution < -0.4 is 0 Å². The van der Waals surface area contributed by atoms with Crippen LogP contribution in [-0.2, 0) is 28.6 Å². The highest BCUT2D eigenvalue weighted by Gasteiger charge is 2.19. The van der Waals surface area contributed by atoms with Gasteiger partial charge in [-0.3, -0.25) is 14.4 Å². The lowest BCUT2D eigenvalue weighted by atomic mass is 10.0. The van der Waals surface area contributed by atoms with E-state index in [1.807, 2.05) is 0 Å². The summed E-state index contributed by atoms with van der Waals surface area (Å²) in [7, 11) is 0. The minimum atomic E-state index is -0.780. The van der Waals surface area contributed by atoms with E-state index < -0.39 is 6.10 Å². The molecule has 0 aromatic heterocycles. The standard InChI is InChI=1S/C49H88O6/c1-4-7-10-13-16-19-21-23-24-26-27-30-33-36-39-42-48(51)54-45-46(44-53-47(50)41-38-35-32-29-18-15-12-9-6-3)55-49(52)43-40-37-34-31-28-25-22-20-17-14-11-8-5-2/h8,11,17,20,25,28,46H,4-7,9-10,12-16,18-19,21-24,26-27,29-45H2,1-3H3/b11-8-,20-17-,28-25-. The predicted octanol–water partition coefficient (Wildman–Crippen LogP) is 15.0. The van der Waals surface area contributed by atoms with Crippen molar-refractivity contribution in [2.75, 3.05) is 13.2 Å². The first-order valence-corrected chi connectivity index (χ1v) is 23.5. The lowest BCUT2D eigenvalue weighted by molar-refractivity contribution is -0.167. The van der Waals surface area contributed by atoms with Crippen molar-refractivity contribution in [2.24, 2.45) is 0 Å². The Morgan fingerprint density at radius 1 is 0.382 bits per heavy atom. The molecule has 320 valence electrons. The first-order chi connectivity index (χ1) is 27.0. The average molecular weight is 773 g/mol. The van der Waals surface area contributed by atoms with Gasteiger partial charge in [-0.2, -0.15) is 0 Å². The topological polar surface area (TPSA) is 78.9 Å². The Hall–Kier alpha value is -2.37. The second kappa shape index (κ2) is 44.3. The molecule has 0 aliphatic heterocycles. The van der Waals surface area contributed by atoms with Crippen molar-refractivity contribution in [1.29, 1.82) is 0 Å². The van der Waals surface area contributed by atoms with Crippen molar-refractivity contribution in [3.05, 3.63) is 36.5 Å². The summed E-state index contributed by atoms with van der Waals surface area (Å²) in [6, 6.07) is 0. The maximum absolute atomic E-state index is 12.7. The minimum absolute atomic E-state index is 0.0806. The summed E-state index contributed by atoms with van der Waals surface area (Å²) in [4.78, 5) is 37.7. The molecule has 0 saturated heterocycles. The molecule has 0 aliphatic carbocycles. The van der Waals surface area contributed by atoms with E-state index in [1.54, 1.807) is 0 Å². The van der Waals surface area contributed by atoms with Crippen LogP contribution in [-0.4, -0.2) is 37.2 Å². The van der Waals surface area contributed by atoms with Crippen LogP contribution in [0.3, 0.4) is 0 Å². The van der Waals surface area contributed by atoms with E-state index in [0.29, 0.717) is 19.3 Å². The second-order valence-electron chi connectivity index (χ2n) is 15.6. The molecule has 0 amide bonds. The van der Waals surface area contributed by atoms with Crippen LogP contribution in [0.2, 0.25) is 0 Å². The van der Waals surface area contributed by atoms with Gasteiger partial charge in [0.15, 0.2) is 6.10 Å². The highest BCUT2D eigenvalue weighted by molar-refractivity contribution is 5.71. The molecule has 6 nitrogen and oxygen atoms in total. The number of carbonyl (C=O) groups excluding carboxylic acids is 3. The predicted molar refractivity (Wildman–Crippen MR) is 233 cm³/mol. The maximum atomic E-state index is 12.7. The van der Waals surface area contributed by atoms with E-state index in [2.05, 4.69) is 57.2 Å². The average Bonchev–Trinajstić information content (AvgIpc) is 3.18. The fourth-order valence-electron chi connectivity index (χ4n) is 6.63. The fourth-order valence-corrected chi connectivity index (χ4v) is 6.63. The summed E-state index contributed by atoms with van der Waals surface area (Å²) in [6.07, 6.45) is 49.9. The fraction of sp³-hybridized carbons (Fsp3) is 0.816. The Morgan fingerprint density at radius 2 is 0.709 bits per heavy atom. The number of hydrogen-bond acceptors (Lipinski definition) is 6. The number of esters is 3. The zero-order chi connectivity index (χ0) is 40.1. The molecular weight excluding hydrogens is 685 g/mol. The van der Waals surface area contributed by atoms with Gasteiger partial charge in [-0.15, -0.1) is 0 Å². The van der Waals surface area contributed by atoms with Crippen molar-refractivity contribution < 1.29 is 28.6 Å². The van der Waals surface area contributed by atoms with Gasteiger partial charge in [0, 0.05) is 19.3 Å². The SMILES string of the molecule is CC/C=C\C/C=C\C/C=C\CCCCCC(=O)OC(COC(=O)CCCCCCCCCCC)COC(=O)CCCCCCCCCCCCCCCCC. The van der Waals surface area contributed by atoms with Crippen molar-refractivity contribution in [2.45, 2.75) is 245 Å². The molecule has 0 saturated carbocycles. The quantitative estimate of drug-likeness (QED) is 0.0266. The molecule has 0 aromatic rings. The van der Waals surface area contributed by atoms with Gasteiger partial charge in [-0.1, -0.05) is 205 Å². The number of rotatable bonds is 42. The molecule has 0 N–H and O–H groups in total. The molecule has 55 heavy (non-hydrogen) atoms. The van der Waals surface area contributed by atoms with Crippen molar-refractivity contribution in [3.8, 4) is 0 Å². The zero-order valence-corrected chi connectivity index (χ0v) is 36.4. The Morgan fingerprint density at radius 3 is 1.11 bits per heavy atom. The number of carbonyl (C=O) groups is 3. The molecule has 0 spiro atoms. The van der Waals surface area contributed by atoms with Crippen molar-refractivity contribution in [3.63, 3.8) is 0 Å². The van der Waals surface area contributed by atoms with Gasteiger partial charge in [-0.25, -0.2) is 0 Å². The zero-order valence-electron chi connectivity index (χ0n) is 36.4. The third-order valence-corrected chi connectivity index (χ3v) is 10.2. The van der Waals surface area contributed by atoms with E-state index in [4.69, 9.17) is 14.2 Å². The molecule has 0 bridgehead atoms. The number of allylic oxidation sites excluding steroid dienone is 6. The number of hydrogen-bond donors (Lipinski definition) is 0. The summed E-state index contributed by atoms with van der Waals surface area (Å²) >= 11 is 0. The van der Waals surface area contributed by atoms with Gasteiger partial charge in [0.25, 0.3) is 0 Å². The van der Waals surface area contributed by atoms with Gasteiger partial charge in [0.05, 0.1) is 0 Å². The first-order valence-electron chi connectivity index (χ1n) is 23.5. The van der Waals surface area contributed by atoms with Crippen LogP contribution in [0.4, 0.5) is 0 Å². The molecule has 0 aliphatic rings. The van der Waals surface area contributed by atoms with Crippen LogP contribution in [0.5, 0.6) is 0 Å². The lowest BCUT2D eigenvalue weighted by Gasteiger charge is -2.18. The lowest BCUT2D eigenvalue weighted by Crippen LogP contribution is -2.30. The Kier molecular flexibility index (Phi) is 42.4.